The molecule has 2 fully saturated rings. The summed E-state index contributed by atoms with van der Waals surface area (Å²) in [4.78, 5) is 3.37. The van der Waals surface area contributed by atoms with Crippen LogP contribution in [0.15, 0.2) is 0 Å². The van der Waals surface area contributed by atoms with E-state index in [-0.39, 0.29) is 0 Å². The molecule has 1 aliphatic heterocycles. The summed E-state index contributed by atoms with van der Waals surface area (Å²) in [5.74, 6) is 0.925. The normalized spacial score (nSPS) is 28.9. The van der Waals surface area contributed by atoms with Gasteiger partial charge in [0.05, 0.1) is 4.99 Å². The lowest BCUT2D eigenvalue weighted by Crippen LogP contribution is -2.39. The fourth-order valence-corrected chi connectivity index (χ4v) is 3.35. The van der Waals surface area contributed by atoms with Gasteiger partial charge in [0.2, 0.25) is 0 Å². The van der Waals surface area contributed by atoms with Gasteiger partial charge in [-0.05, 0) is 43.6 Å². The maximum Gasteiger partial charge on any atom is 0.0733 e. The fraction of sp³-hybridized carbons (Fsp3) is 0.923. The van der Waals surface area contributed by atoms with Gasteiger partial charge < -0.3 is 10.6 Å². The summed E-state index contributed by atoms with van der Waals surface area (Å²) in [6.07, 6.45) is 7.76. The quantitative estimate of drug-likeness (QED) is 0.749. The summed E-state index contributed by atoms with van der Waals surface area (Å²) in [6, 6.07) is 0. The Hall–Kier alpha value is -0.150. The van der Waals surface area contributed by atoms with Crippen LogP contribution in [0, 0.1) is 11.3 Å². The van der Waals surface area contributed by atoms with Gasteiger partial charge in [-0.3, -0.25) is 0 Å². The van der Waals surface area contributed by atoms with Gasteiger partial charge >= 0.3 is 0 Å². The molecule has 1 unspecified atom stereocenters. The Labute approximate surface area is 105 Å². The summed E-state index contributed by atoms with van der Waals surface area (Å²) in [5, 5.41) is 0. The van der Waals surface area contributed by atoms with E-state index in [0.29, 0.717) is 10.4 Å². The molecule has 0 amide bonds. The standard InChI is InChI=1S/C13H24N2S/c1-2-11-4-3-7-15(9-11)10-13(5-6-13)8-12(14)16/h11H,2-10H2,1H3,(H2,14,16). The van der Waals surface area contributed by atoms with Crippen LogP contribution >= 0.6 is 12.2 Å². The summed E-state index contributed by atoms with van der Waals surface area (Å²) in [5.41, 5.74) is 6.16. The van der Waals surface area contributed by atoms with Crippen LogP contribution in [0.25, 0.3) is 0 Å². The Morgan fingerprint density at radius 3 is 2.81 bits per heavy atom. The molecule has 2 N–H and O–H groups in total. The summed E-state index contributed by atoms with van der Waals surface area (Å²) in [7, 11) is 0. The topological polar surface area (TPSA) is 29.3 Å². The second kappa shape index (κ2) is 5.01. The molecular formula is C13H24N2S. The van der Waals surface area contributed by atoms with Crippen molar-refractivity contribution in [3.8, 4) is 0 Å². The number of piperidine rings is 1. The van der Waals surface area contributed by atoms with E-state index in [0.717, 1.165) is 12.3 Å². The smallest absolute Gasteiger partial charge is 0.0733 e. The maximum absolute atomic E-state index is 5.69. The molecule has 1 aliphatic carbocycles. The highest BCUT2D eigenvalue weighted by Crippen LogP contribution is 2.49. The fourth-order valence-electron chi connectivity index (χ4n) is 3.04. The van der Waals surface area contributed by atoms with Crippen molar-refractivity contribution in [1.29, 1.82) is 0 Å². The summed E-state index contributed by atoms with van der Waals surface area (Å²) >= 11 is 5.06. The number of thiocarbonyl (C=S) groups is 1. The van der Waals surface area contributed by atoms with Crippen molar-refractivity contribution in [2.45, 2.75) is 45.4 Å². The van der Waals surface area contributed by atoms with Crippen molar-refractivity contribution < 1.29 is 0 Å². The molecule has 0 aromatic rings. The second-order valence-electron chi connectivity index (χ2n) is 5.79. The number of hydrogen-bond donors (Lipinski definition) is 1. The molecule has 0 aromatic heterocycles. The molecule has 92 valence electrons. The molecule has 3 heteroatoms. The largest absolute Gasteiger partial charge is 0.393 e. The first kappa shape index (κ1) is 12.3. The highest BCUT2D eigenvalue weighted by atomic mass is 32.1. The van der Waals surface area contributed by atoms with Crippen LogP contribution in [0.5, 0.6) is 0 Å². The van der Waals surface area contributed by atoms with E-state index in [1.807, 2.05) is 0 Å². The third-order valence-corrected chi connectivity index (χ3v) is 4.39. The van der Waals surface area contributed by atoms with Gasteiger partial charge in [0.1, 0.15) is 0 Å². The zero-order valence-electron chi connectivity index (χ0n) is 10.4. The number of rotatable bonds is 5. The molecule has 2 aliphatic rings. The van der Waals surface area contributed by atoms with E-state index < -0.39 is 0 Å². The van der Waals surface area contributed by atoms with E-state index >= 15 is 0 Å². The first-order valence-electron chi connectivity index (χ1n) is 6.64. The number of nitrogens with zero attached hydrogens (tertiary/aromatic N) is 1. The van der Waals surface area contributed by atoms with Crippen molar-refractivity contribution in [3.05, 3.63) is 0 Å². The van der Waals surface area contributed by atoms with Crippen LogP contribution in [0.3, 0.4) is 0 Å². The average Bonchev–Trinajstić information content (AvgIpc) is 2.97. The van der Waals surface area contributed by atoms with Gasteiger partial charge in [0.15, 0.2) is 0 Å². The molecule has 16 heavy (non-hydrogen) atoms. The van der Waals surface area contributed by atoms with Crippen LogP contribution in [-0.4, -0.2) is 29.5 Å². The predicted molar refractivity (Wildman–Crippen MR) is 72.5 cm³/mol. The molecule has 0 radical (unpaired) electrons. The van der Waals surface area contributed by atoms with E-state index in [1.54, 1.807) is 0 Å². The summed E-state index contributed by atoms with van der Waals surface area (Å²) < 4.78 is 0. The van der Waals surface area contributed by atoms with Crippen molar-refractivity contribution in [2.75, 3.05) is 19.6 Å². The Morgan fingerprint density at radius 2 is 2.25 bits per heavy atom. The number of likely N-dealkylation sites (tertiary alicyclic amines) is 1. The highest BCUT2D eigenvalue weighted by molar-refractivity contribution is 7.80. The molecule has 0 bridgehead atoms. The van der Waals surface area contributed by atoms with Gasteiger partial charge in [-0.1, -0.05) is 25.6 Å². The SMILES string of the molecule is CCC1CCCN(CC2(CC(N)=S)CC2)C1. The minimum atomic E-state index is 0.474. The third kappa shape index (κ3) is 3.17. The predicted octanol–water partition coefficient (Wildman–Crippen LogP) is 2.56. The summed E-state index contributed by atoms with van der Waals surface area (Å²) in [6.45, 7) is 6.14. The van der Waals surface area contributed by atoms with Crippen molar-refractivity contribution in [3.63, 3.8) is 0 Å². The molecule has 1 heterocycles. The van der Waals surface area contributed by atoms with Gasteiger partial charge in [-0.25, -0.2) is 0 Å². The minimum absolute atomic E-state index is 0.474. The molecule has 1 atom stereocenters. The zero-order chi connectivity index (χ0) is 11.6. The van der Waals surface area contributed by atoms with Crippen LogP contribution in [-0.2, 0) is 0 Å². The molecule has 2 nitrogen and oxygen atoms in total. The first-order chi connectivity index (χ1) is 7.63. The molecule has 1 saturated heterocycles. The Kier molecular flexibility index (Phi) is 3.85. The van der Waals surface area contributed by atoms with E-state index in [9.17, 15) is 0 Å². The van der Waals surface area contributed by atoms with Crippen LogP contribution in [0.1, 0.15) is 45.4 Å². The van der Waals surface area contributed by atoms with Crippen LogP contribution in [0.4, 0.5) is 0 Å². The highest BCUT2D eigenvalue weighted by Gasteiger charge is 2.44. The van der Waals surface area contributed by atoms with Crippen LogP contribution in [0.2, 0.25) is 0 Å². The Balaban J connectivity index is 1.82. The van der Waals surface area contributed by atoms with Gasteiger partial charge in [0, 0.05) is 19.5 Å². The lowest BCUT2D eigenvalue weighted by atomic mass is 9.93. The van der Waals surface area contributed by atoms with E-state index in [4.69, 9.17) is 18.0 Å². The Morgan fingerprint density at radius 1 is 1.50 bits per heavy atom. The van der Waals surface area contributed by atoms with E-state index in [2.05, 4.69) is 11.8 Å². The first-order valence-corrected chi connectivity index (χ1v) is 7.05. The van der Waals surface area contributed by atoms with Gasteiger partial charge in [0.25, 0.3) is 0 Å². The molecule has 0 aromatic carbocycles. The zero-order valence-corrected chi connectivity index (χ0v) is 11.2. The molecule has 1 saturated carbocycles. The lowest BCUT2D eigenvalue weighted by Gasteiger charge is -2.34. The van der Waals surface area contributed by atoms with Gasteiger partial charge in [-0.2, -0.15) is 0 Å². The monoisotopic (exact) mass is 240 g/mol. The molecule has 0 spiro atoms. The second-order valence-corrected chi connectivity index (χ2v) is 6.32. The maximum atomic E-state index is 5.69. The minimum Gasteiger partial charge on any atom is -0.393 e. The van der Waals surface area contributed by atoms with Crippen molar-refractivity contribution >= 4 is 17.2 Å². The van der Waals surface area contributed by atoms with Crippen molar-refractivity contribution in [1.82, 2.24) is 4.90 Å². The molecule has 2 rings (SSSR count). The number of hydrogen-bond acceptors (Lipinski definition) is 2. The average molecular weight is 240 g/mol. The lowest BCUT2D eigenvalue weighted by molar-refractivity contribution is 0.144. The third-order valence-electron chi connectivity index (χ3n) is 4.25. The van der Waals surface area contributed by atoms with E-state index in [1.165, 1.54) is 51.7 Å². The molecular weight excluding hydrogens is 216 g/mol. The Bertz CT molecular complexity index is 261. The van der Waals surface area contributed by atoms with Crippen LogP contribution < -0.4 is 5.73 Å². The van der Waals surface area contributed by atoms with Gasteiger partial charge in [-0.15, -0.1) is 0 Å². The van der Waals surface area contributed by atoms with Crippen molar-refractivity contribution in [2.24, 2.45) is 17.1 Å². The number of nitrogens with two attached hydrogens (primary N) is 1.